The molecule has 13 heavy (non-hydrogen) atoms. The van der Waals surface area contributed by atoms with Crippen LogP contribution >= 0.6 is 15.9 Å². The van der Waals surface area contributed by atoms with Crippen molar-refractivity contribution in [3.05, 3.63) is 22.1 Å². The molecule has 0 radical (unpaired) electrons. The second-order valence-electron chi connectivity index (χ2n) is 2.25. The number of allylic oxidation sites excluding steroid dienone is 2. The van der Waals surface area contributed by atoms with Crippen LogP contribution in [0.25, 0.3) is 0 Å². The summed E-state index contributed by atoms with van der Waals surface area (Å²) in [6.07, 6.45) is 1.16. The van der Waals surface area contributed by atoms with Crippen LogP contribution in [0.2, 0.25) is 0 Å². The Labute approximate surface area is 83.3 Å². The second kappa shape index (κ2) is 3.74. The zero-order valence-electron chi connectivity index (χ0n) is 7.09. The molecule has 0 atom stereocenters. The van der Waals surface area contributed by atoms with E-state index in [-0.39, 0.29) is 27.6 Å². The molecule has 0 spiro atoms. The molecule has 0 bridgehead atoms. The molecular formula is C8H7BrO4. The van der Waals surface area contributed by atoms with E-state index in [0.29, 0.717) is 0 Å². The van der Waals surface area contributed by atoms with Crippen LogP contribution in [0.5, 0.6) is 0 Å². The number of carbonyl (C=O) groups excluding carboxylic acids is 2. The Hall–Kier alpha value is -1.10. The van der Waals surface area contributed by atoms with Crippen molar-refractivity contribution in [3.63, 3.8) is 0 Å². The molecule has 1 rings (SSSR count). The second-order valence-corrected chi connectivity index (χ2v) is 3.11. The van der Waals surface area contributed by atoms with E-state index in [1.165, 1.54) is 14.2 Å². The molecule has 0 amide bonds. The molecule has 0 saturated heterocycles. The van der Waals surface area contributed by atoms with Crippen molar-refractivity contribution >= 4 is 27.5 Å². The Balaban J connectivity index is 3.19. The number of rotatable bonds is 2. The Bertz CT molecular complexity index is 327. The summed E-state index contributed by atoms with van der Waals surface area (Å²) in [4.78, 5) is 22.6. The van der Waals surface area contributed by atoms with Crippen molar-refractivity contribution in [2.45, 2.75) is 0 Å². The third-order valence-corrected chi connectivity index (χ3v) is 2.11. The van der Waals surface area contributed by atoms with E-state index in [1.807, 2.05) is 0 Å². The van der Waals surface area contributed by atoms with Crippen LogP contribution < -0.4 is 0 Å². The molecule has 0 saturated carbocycles. The van der Waals surface area contributed by atoms with Gasteiger partial charge in [0.15, 0.2) is 0 Å². The highest BCUT2D eigenvalue weighted by atomic mass is 79.9. The maximum atomic E-state index is 11.3. The van der Waals surface area contributed by atoms with Crippen molar-refractivity contribution < 1.29 is 19.1 Å². The molecule has 4 nitrogen and oxygen atoms in total. The maximum absolute atomic E-state index is 11.3. The van der Waals surface area contributed by atoms with Crippen LogP contribution in [-0.2, 0) is 19.1 Å². The summed E-state index contributed by atoms with van der Waals surface area (Å²) >= 11 is 2.95. The van der Waals surface area contributed by atoms with Crippen molar-refractivity contribution in [1.29, 1.82) is 0 Å². The van der Waals surface area contributed by atoms with Gasteiger partial charge in [-0.05, 0) is 15.9 Å². The zero-order valence-corrected chi connectivity index (χ0v) is 8.67. The van der Waals surface area contributed by atoms with Gasteiger partial charge in [-0.1, -0.05) is 0 Å². The molecule has 0 heterocycles. The minimum Gasteiger partial charge on any atom is -0.490 e. The van der Waals surface area contributed by atoms with Gasteiger partial charge in [-0.2, -0.15) is 0 Å². The number of ether oxygens (including phenoxy) is 2. The lowest BCUT2D eigenvalue weighted by Gasteiger charge is -2.13. The van der Waals surface area contributed by atoms with Crippen molar-refractivity contribution in [2.75, 3.05) is 14.2 Å². The predicted octanol–water partition coefficient (Wildman–Crippen LogP) is 0.921. The highest BCUT2D eigenvalue weighted by molar-refractivity contribution is 9.12. The van der Waals surface area contributed by atoms with Crippen molar-refractivity contribution in [2.24, 2.45) is 0 Å². The quantitative estimate of drug-likeness (QED) is 0.681. The Morgan fingerprint density at radius 3 is 2.15 bits per heavy atom. The van der Waals surface area contributed by atoms with Gasteiger partial charge in [0.05, 0.1) is 18.7 Å². The summed E-state index contributed by atoms with van der Waals surface area (Å²) in [6.45, 7) is 0. The minimum atomic E-state index is -0.390. The van der Waals surface area contributed by atoms with E-state index in [4.69, 9.17) is 9.47 Å². The van der Waals surface area contributed by atoms with Crippen LogP contribution in [0.1, 0.15) is 0 Å². The molecule has 5 heteroatoms. The number of carbonyl (C=O) groups is 2. The van der Waals surface area contributed by atoms with Gasteiger partial charge in [-0.3, -0.25) is 9.59 Å². The third-order valence-electron chi connectivity index (χ3n) is 1.52. The maximum Gasteiger partial charge on any atom is 0.238 e. The molecule has 0 unspecified atom stereocenters. The minimum absolute atomic E-state index is 0.0595. The first kappa shape index (κ1) is 9.98. The first-order valence-electron chi connectivity index (χ1n) is 3.40. The number of halogens is 1. The number of Topliss-reactive ketones (excluding diaryl/α,β-unsaturated/α-hetero) is 1. The van der Waals surface area contributed by atoms with Crippen LogP contribution in [0.4, 0.5) is 0 Å². The fraction of sp³-hybridized carbons (Fsp3) is 0.250. The molecule has 0 aliphatic heterocycles. The van der Waals surface area contributed by atoms with Crippen LogP contribution in [0.3, 0.4) is 0 Å². The highest BCUT2D eigenvalue weighted by Gasteiger charge is 2.29. The average Bonchev–Trinajstić information content (AvgIpc) is 2.10. The van der Waals surface area contributed by atoms with Gasteiger partial charge in [-0.15, -0.1) is 0 Å². The lowest BCUT2D eigenvalue weighted by molar-refractivity contribution is -0.119. The first-order valence-corrected chi connectivity index (χ1v) is 4.19. The fourth-order valence-electron chi connectivity index (χ4n) is 0.948. The van der Waals surface area contributed by atoms with E-state index in [9.17, 15) is 9.59 Å². The number of methoxy groups -OCH3 is 2. The van der Waals surface area contributed by atoms with Gasteiger partial charge in [0.2, 0.25) is 23.1 Å². The van der Waals surface area contributed by atoms with Gasteiger partial charge < -0.3 is 9.47 Å². The summed E-state index contributed by atoms with van der Waals surface area (Å²) in [5, 5.41) is 0. The summed E-state index contributed by atoms with van der Waals surface area (Å²) in [5.41, 5.74) is 0. The lowest BCUT2D eigenvalue weighted by atomic mass is 10.1. The van der Waals surface area contributed by atoms with Crippen LogP contribution in [-0.4, -0.2) is 25.8 Å². The molecule has 0 N–H and O–H groups in total. The Morgan fingerprint density at radius 1 is 1.15 bits per heavy atom. The Morgan fingerprint density at radius 2 is 1.69 bits per heavy atom. The summed E-state index contributed by atoms with van der Waals surface area (Å²) in [7, 11) is 2.62. The molecule has 0 aromatic carbocycles. The highest BCUT2D eigenvalue weighted by Crippen LogP contribution is 2.23. The molecule has 0 aromatic rings. The molecule has 0 fully saturated rings. The van der Waals surface area contributed by atoms with Gasteiger partial charge in [0.25, 0.3) is 0 Å². The van der Waals surface area contributed by atoms with Gasteiger partial charge >= 0.3 is 0 Å². The van der Waals surface area contributed by atoms with Crippen LogP contribution in [0.15, 0.2) is 22.1 Å². The Kier molecular flexibility index (Phi) is 2.87. The SMILES string of the molecule is COC1=C(OC)C(=O)C(Br)=CC1=O. The summed E-state index contributed by atoms with van der Waals surface area (Å²) in [5.74, 6) is -0.901. The molecule has 1 aliphatic rings. The normalized spacial score (nSPS) is 17.3. The van der Waals surface area contributed by atoms with E-state index >= 15 is 0 Å². The van der Waals surface area contributed by atoms with Crippen molar-refractivity contribution in [1.82, 2.24) is 0 Å². The monoisotopic (exact) mass is 246 g/mol. The number of hydrogen-bond acceptors (Lipinski definition) is 4. The molecular weight excluding hydrogens is 240 g/mol. The van der Waals surface area contributed by atoms with Crippen LogP contribution in [0, 0.1) is 0 Å². The molecule has 1 aliphatic carbocycles. The first-order chi connectivity index (χ1) is 6.11. The van der Waals surface area contributed by atoms with Gasteiger partial charge in [0.1, 0.15) is 0 Å². The standard InChI is InChI=1S/C8H7BrO4/c1-12-7-5(10)3-4(9)6(11)8(7)13-2/h3H,1-2H3. The van der Waals surface area contributed by atoms with Gasteiger partial charge in [-0.25, -0.2) is 0 Å². The summed E-state index contributed by atoms with van der Waals surface area (Å²) in [6, 6.07) is 0. The number of hydrogen-bond donors (Lipinski definition) is 0. The zero-order chi connectivity index (χ0) is 10.0. The van der Waals surface area contributed by atoms with E-state index in [0.717, 1.165) is 6.08 Å². The number of ketones is 2. The van der Waals surface area contributed by atoms with E-state index in [2.05, 4.69) is 15.9 Å². The van der Waals surface area contributed by atoms with Gasteiger partial charge in [0, 0.05) is 6.08 Å². The third kappa shape index (κ3) is 1.65. The average molecular weight is 247 g/mol. The largest absolute Gasteiger partial charge is 0.490 e. The molecule has 70 valence electrons. The van der Waals surface area contributed by atoms with E-state index < -0.39 is 0 Å². The fourth-order valence-corrected chi connectivity index (χ4v) is 1.34. The lowest BCUT2D eigenvalue weighted by Crippen LogP contribution is -2.19. The van der Waals surface area contributed by atoms with E-state index in [1.54, 1.807) is 0 Å². The summed E-state index contributed by atoms with van der Waals surface area (Å²) < 4.78 is 9.68. The van der Waals surface area contributed by atoms with Crippen molar-refractivity contribution in [3.8, 4) is 0 Å². The predicted molar refractivity (Wildman–Crippen MR) is 48.1 cm³/mol. The topological polar surface area (TPSA) is 52.6 Å². The smallest absolute Gasteiger partial charge is 0.238 e. The molecule has 0 aromatic heterocycles.